The summed E-state index contributed by atoms with van der Waals surface area (Å²) in [5.74, 6) is 0. The summed E-state index contributed by atoms with van der Waals surface area (Å²) in [5.41, 5.74) is 2.56. The molecule has 0 atom stereocenters. The van der Waals surface area contributed by atoms with E-state index in [1.165, 1.54) is 75.4 Å². The van der Waals surface area contributed by atoms with Crippen LogP contribution in [0.3, 0.4) is 0 Å². The summed E-state index contributed by atoms with van der Waals surface area (Å²) in [6.45, 7) is 6.36. The van der Waals surface area contributed by atoms with Crippen LogP contribution in [0.1, 0.15) is 12.5 Å². The topological polar surface area (TPSA) is 0 Å². The lowest BCUT2D eigenvalue weighted by molar-refractivity contribution is 1.53. The summed E-state index contributed by atoms with van der Waals surface area (Å²) in [6, 6.07) is 41.9. The van der Waals surface area contributed by atoms with Crippen LogP contribution in [0.15, 0.2) is 128 Å². The van der Waals surface area contributed by atoms with Crippen LogP contribution in [0.25, 0.3) is 65.5 Å². The van der Waals surface area contributed by atoms with Crippen LogP contribution in [-0.4, -0.2) is 0 Å². The zero-order valence-electron chi connectivity index (χ0n) is 20.8. The fourth-order valence-electron chi connectivity index (χ4n) is 6.27. The molecule has 0 fully saturated rings. The summed E-state index contributed by atoms with van der Waals surface area (Å²) >= 11 is 0. The molecule has 0 aliphatic carbocycles. The van der Waals surface area contributed by atoms with Gasteiger partial charge in [0.2, 0.25) is 0 Å². The Hall–Kier alpha value is -4.68. The van der Waals surface area contributed by atoms with Gasteiger partial charge >= 0.3 is 0 Å². The van der Waals surface area contributed by atoms with Crippen molar-refractivity contribution < 1.29 is 0 Å². The zero-order valence-corrected chi connectivity index (χ0v) is 20.8. The molecular weight excluding hydrogens is 444 g/mol. The average Bonchev–Trinajstić information content (AvgIpc) is 2.97. The van der Waals surface area contributed by atoms with Gasteiger partial charge in [-0.3, -0.25) is 0 Å². The molecule has 7 aromatic rings. The molecule has 0 heteroatoms. The smallest absolute Gasteiger partial charge is 0.00235 e. The van der Waals surface area contributed by atoms with Crippen LogP contribution in [0, 0.1) is 0 Å². The van der Waals surface area contributed by atoms with E-state index in [-0.39, 0.29) is 0 Å². The van der Waals surface area contributed by atoms with Crippen molar-refractivity contribution in [2.24, 2.45) is 0 Å². The number of hydrogen-bond acceptors (Lipinski definition) is 0. The van der Waals surface area contributed by atoms with E-state index in [0.29, 0.717) is 0 Å². The molecule has 0 saturated heterocycles. The van der Waals surface area contributed by atoms with Crippen LogP contribution >= 0.6 is 0 Å². The minimum Gasteiger partial charge on any atom is -0.0990 e. The lowest BCUT2D eigenvalue weighted by atomic mass is 9.87. The molecule has 0 nitrogen and oxygen atoms in total. The first-order valence-corrected chi connectivity index (χ1v) is 12.8. The summed E-state index contributed by atoms with van der Waals surface area (Å²) in [5, 5.41) is 15.4. The van der Waals surface area contributed by atoms with Gasteiger partial charge in [0.05, 0.1) is 0 Å². The lowest BCUT2D eigenvalue weighted by Gasteiger charge is -2.16. The molecule has 37 heavy (non-hydrogen) atoms. The van der Waals surface area contributed by atoms with Gasteiger partial charge < -0.3 is 0 Å². The molecule has 0 bridgehead atoms. The van der Waals surface area contributed by atoms with E-state index < -0.39 is 0 Å². The Bertz CT molecular complexity index is 2110. The Morgan fingerprint density at radius 1 is 0.486 bits per heavy atom. The fourth-order valence-corrected chi connectivity index (χ4v) is 6.27. The predicted octanol–water partition coefficient (Wildman–Crippen LogP) is 8.64. The van der Waals surface area contributed by atoms with Crippen molar-refractivity contribution in [2.45, 2.75) is 6.92 Å². The monoisotopic (exact) mass is 470 g/mol. The van der Waals surface area contributed by atoms with E-state index in [1.807, 2.05) is 6.08 Å². The number of hydrogen-bond donors (Lipinski definition) is 0. The largest absolute Gasteiger partial charge is 0.0990 e. The van der Waals surface area contributed by atoms with Gasteiger partial charge in [-0.1, -0.05) is 134 Å². The molecule has 174 valence electrons. The second-order valence-electron chi connectivity index (χ2n) is 9.73. The van der Waals surface area contributed by atoms with Gasteiger partial charge in [0, 0.05) is 0 Å². The van der Waals surface area contributed by atoms with E-state index in [0.717, 1.165) is 0 Å². The normalized spacial score (nSPS) is 13.2. The van der Waals surface area contributed by atoms with Gasteiger partial charge in [0.25, 0.3) is 0 Å². The van der Waals surface area contributed by atoms with Crippen LogP contribution in [0.5, 0.6) is 0 Å². The van der Waals surface area contributed by atoms with Crippen molar-refractivity contribution in [3.8, 4) is 0 Å². The molecule has 0 N–H and O–H groups in total. The van der Waals surface area contributed by atoms with Crippen LogP contribution in [-0.2, 0) is 0 Å². The number of allylic oxidation sites excluding steroid dienone is 1. The molecule has 0 unspecified atom stereocenters. The van der Waals surface area contributed by atoms with Gasteiger partial charge in [0.15, 0.2) is 0 Å². The Morgan fingerprint density at radius 2 is 0.892 bits per heavy atom. The van der Waals surface area contributed by atoms with Gasteiger partial charge in [-0.25, -0.2) is 0 Å². The third-order valence-electron chi connectivity index (χ3n) is 7.80. The molecule has 7 aromatic carbocycles. The van der Waals surface area contributed by atoms with E-state index >= 15 is 0 Å². The quantitative estimate of drug-likeness (QED) is 0.222. The van der Waals surface area contributed by atoms with Crippen molar-refractivity contribution in [3.63, 3.8) is 0 Å². The first-order valence-electron chi connectivity index (χ1n) is 12.8. The molecule has 0 radical (unpaired) electrons. The van der Waals surface area contributed by atoms with Crippen molar-refractivity contribution in [1.82, 2.24) is 0 Å². The maximum Gasteiger partial charge on any atom is -0.00235 e. The van der Waals surface area contributed by atoms with Crippen LogP contribution in [0.2, 0.25) is 0 Å². The number of rotatable bonds is 2. The highest BCUT2D eigenvalue weighted by Gasteiger charge is 2.14. The standard InChI is InChI=1S/C37H26/c1-3-13-32-28-16-6-4-14-26(28)29-17-8-10-20-33(29)36(32)24(2)25-22-12-23-35-31-18-7-5-15-27(31)30-19-9-11-21-34(30)37(25)35/h3-23H,1H2,2H3/b32-13-,36-24-. The molecule has 0 aromatic heterocycles. The minimum atomic E-state index is 1.23. The average molecular weight is 471 g/mol. The molecule has 0 amide bonds. The highest BCUT2D eigenvalue weighted by molar-refractivity contribution is 6.27. The molecular formula is C37H26. The van der Waals surface area contributed by atoms with Crippen molar-refractivity contribution in [1.29, 1.82) is 0 Å². The summed E-state index contributed by atoms with van der Waals surface area (Å²) in [7, 11) is 0. The van der Waals surface area contributed by atoms with Crippen molar-refractivity contribution >= 4 is 65.5 Å². The molecule has 0 spiro atoms. The van der Waals surface area contributed by atoms with Gasteiger partial charge in [-0.15, -0.1) is 0 Å². The van der Waals surface area contributed by atoms with E-state index in [2.05, 4.69) is 135 Å². The molecule has 0 aliphatic heterocycles. The maximum absolute atomic E-state index is 4.08. The number of fused-ring (bicyclic) bond motifs is 9. The molecule has 0 saturated carbocycles. The Balaban J connectivity index is 1.79. The third kappa shape index (κ3) is 3.16. The SMILES string of the molecule is C=C/C=c1\c(=C(/C)c2cccc3c4ccccc4c4ccccc4c23)c2ccccc2c2ccccc12. The summed E-state index contributed by atoms with van der Waals surface area (Å²) in [6.07, 6.45) is 4.09. The highest BCUT2D eigenvalue weighted by Crippen LogP contribution is 2.38. The molecule has 0 aliphatic rings. The van der Waals surface area contributed by atoms with Crippen LogP contribution < -0.4 is 10.4 Å². The van der Waals surface area contributed by atoms with Gasteiger partial charge in [0.1, 0.15) is 0 Å². The third-order valence-corrected chi connectivity index (χ3v) is 7.80. The molecule has 7 rings (SSSR count). The van der Waals surface area contributed by atoms with Crippen LogP contribution in [0.4, 0.5) is 0 Å². The predicted molar refractivity (Wildman–Crippen MR) is 163 cm³/mol. The second kappa shape index (κ2) is 8.47. The first-order chi connectivity index (χ1) is 18.3. The van der Waals surface area contributed by atoms with E-state index in [4.69, 9.17) is 0 Å². The van der Waals surface area contributed by atoms with Gasteiger partial charge in [-0.05, 0) is 82.4 Å². The van der Waals surface area contributed by atoms with E-state index in [1.54, 1.807) is 0 Å². The minimum absolute atomic E-state index is 1.23. The molecule has 0 heterocycles. The summed E-state index contributed by atoms with van der Waals surface area (Å²) in [4.78, 5) is 0. The Kier molecular flexibility index (Phi) is 4.94. The zero-order chi connectivity index (χ0) is 24.9. The Labute approximate surface area is 216 Å². The number of benzene rings is 7. The van der Waals surface area contributed by atoms with Crippen molar-refractivity contribution in [3.05, 3.63) is 144 Å². The van der Waals surface area contributed by atoms with E-state index in [9.17, 15) is 0 Å². The van der Waals surface area contributed by atoms with Gasteiger partial charge in [-0.2, -0.15) is 0 Å². The first kappa shape index (κ1) is 21.6. The Morgan fingerprint density at radius 3 is 1.46 bits per heavy atom. The highest BCUT2D eigenvalue weighted by atomic mass is 14.2. The lowest BCUT2D eigenvalue weighted by Crippen LogP contribution is -2.29. The fraction of sp³-hybridized carbons (Fsp3) is 0.0270. The van der Waals surface area contributed by atoms with Crippen molar-refractivity contribution in [2.75, 3.05) is 0 Å². The summed E-state index contributed by atoms with van der Waals surface area (Å²) < 4.78 is 0. The second-order valence-corrected chi connectivity index (χ2v) is 9.73. The maximum atomic E-state index is 4.08.